The second-order valence-corrected chi connectivity index (χ2v) is 7.85. The number of rotatable bonds is 5. The van der Waals surface area contributed by atoms with Crippen molar-refractivity contribution in [2.45, 2.75) is 37.2 Å². The van der Waals surface area contributed by atoms with Gasteiger partial charge in [0, 0.05) is 30.0 Å². The Balaban J connectivity index is 1.94. The van der Waals surface area contributed by atoms with Gasteiger partial charge in [-0.25, -0.2) is 8.42 Å². The Morgan fingerprint density at radius 3 is 2.50 bits per heavy atom. The van der Waals surface area contributed by atoms with Gasteiger partial charge in [-0.2, -0.15) is 4.31 Å². The fourth-order valence-corrected chi connectivity index (χ4v) is 4.26. The van der Waals surface area contributed by atoms with Gasteiger partial charge >= 0.3 is 0 Å². The maximum atomic E-state index is 12.9. The van der Waals surface area contributed by atoms with Gasteiger partial charge in [-0.05, 0) is 55.2 Å². The second-order valence-electron chi connectivity index (χ2n) is 5.55. The van der Waals surface area contributed by atoms with Gasteiger partial charge in [-0.15, -0.1) is 0 Å². The van der Waals surface area contributed by atoms with Crippen LogP contribution in [0.25, 0.3) is 0 Å². The van der Waals surface area contributed by atoms with Gasteiger partial charge in [0.25, 0.3) is 0 Å². The Morgan fingerprint density at radius 2 is 1.91 bits per heavy atom. The third-order valence-corrected chi connectivity index (χ3v) is 6.09. The van der Waals surface area contributed by atoms with Gasteiger partial charge in [0.2, 0.25) is 10.0 Å². The fourth-order valence-electron chi connectivity index (χ4n) is 2.31. The number of sulfonamides is 1. The van der Waals surface area contributed by atoms with Gasteiger partial charge in [0.1, 0.15) is 0 Å². The lowest BCUT2D eigenvalue weighted by atomic mass is 10.2. The lowest BCUT2D eigenvalue weighted by Gasteiger charge is -2.22. The molecule has 1 aliphatic carbocycles. The number of hydrogen-bond donors (Lipinski definition) is 0. The van der Waals surface area contributed by atoms with E-state index in [1.54, 1.807) is 28.8 Å². The summed E-state index contributed by atoms with van der Waals surface area (Å²) in [5.74, 6) is 0. The van der Waals surface area contributed by atoms with Crippen molar-refractivity contribution < 1.29 is 8.42 Å². The van der Waals surface area contributed by atoms with Crippen LogP contribution in [0.2, 0.25) is 5.02 Å². The van der Waals surface area contributed by atoms with E-state index in [0.717, 1.165) is 24.0 Å². The normalized spacial score (nSPS) is 15.2. The zero-order chi connectivity index (χ0) is 15.7. The van der Waals surface area contributed by atoms with Crippen molar-refractivity contribution >= 4 is 21.6 Å². The predicted octanol–water partition coefficient (Wildman–Crippen LogP) is 3.40. The van der Waals surface area contributed by atoms with E-state index in [1.807, 2.05) is 19.1 Å². The van der Waals surface area contributed by atoms with E-state index in [2.05, 4.69) is 4.98 Å². The van der Waals surface area contributed by atoms with Gasteiger partial charge in [-0.3, -0.25) is 4.98 Å². The van der Waals surface area contributed by atoms with Crippen molar-refractivity contribution in [1.82, 2.24) is 9.29 Å². The van der Waals surface area contributed by atoms with Crippen molar-refractivity contribution in [1.29, 1.82) is 0 Å². The van der Waals surface area contributed by atoms with Crippen molar-refractivity contribution in [3.05, 3.63) is 58.9 Å². The summed E-state index contributed by atoms with van der Waals surface area (Å²) in [5, 5.41) is 0.473. The molecular formula is C16H17ClN2O2S. The summed E-state index contributed by atoms with van der Waals surface area (Å²) < 4.78 is 27.4. The Hall–Kier alpha value is -1.43. The van der Waals surface area contributed by atoms with E-state index in [0.29, 0.717) is 11.6 Å². The summed E-state index contributed by atoms with van der Waals surface area (Å²) in [6.45, 7) is 2.22. The number of nitrogens with zero attached hydrogens (tertiary/aromatic N) is 2. The molecule has 0 saturated heterocycles. The minimum atomic E-state index is -3.55. The number of halogens is 1. The molecule has 22 heavy (non-hydrogen) atoms. The Labute approximate surface area is 135 Å². The molecule has 1 aliphatic rings. The highest BCUT2D eigenvalue weighted by atomic mass is 35.5. The van der Waals surface area contributed by atoms with E-state index in [9.17, 15) is 8.42 Å². The minimum Gasteiger partial charge on any atom is -0.265 e. The van der Waals surface area contributed by atoms with Crippen molar-refractivity contribution in [3.8, 4) is 0 Å². The van der Waals surface area contributed by atoms with Crippen LogP contribution in [-0.2, 0) is 16.6 Å². The standard InChI is InChI=1S/C16H17ClN2O2S/c1-12-2-5-15(10-16(12)17)22(20,21)19(14-3-4-14)11-13-6-8-18-9-7-13/h2,5-10,14H,3-4,11H2,1H3. The molecule has 6 heteroatoms. The van der Waals surface area contributed by atoms with Gasteiger partial charge in [0.15, 0.2) is 0 Å². The zero-order valence-electron chi connectivity index (χ0n) is 12.2. The Morgan fingerprint density at radius 1 is 1.23 bits per heavy atom. The van der Waals surface area contributed by atoms with E-state index < -0.39 is 10.0 Å². The first-order chi connectivity index (χ1) is 10.5. The molecule has 0 spiro atoms. The number of hydrogen-bond acceptors (Lipinski definition) is 3. The number of benzene rings is 1. The highest BCUT2D eigenvalue weighted by molar-refractivity contribution is 7.89. The molecule has 0 bridgehead atoms. The maximum absolute atomic E-state index is 12.9. The molecule has 0 unspecified atom stereocenters. The molecule has 1 fully saturated rings. The molecule has 1 saturated carbocycles. The number of aryl methyl sites for hydroxylation is 1. The quantitative estimate of drug-likeness (QED) is 0.840. The van der Waals surface area contributed by atoms with Crippen LogP contribution in [0.15, 0.2) is 47.6 Å². The average Bonchev–Trinajstić information content (AvgIpc) is 3.33. The van der Waals surface area contributed by atoms with Crippen LogP contribution in [0, 0.1) is 6.92 Å². The molecule has 116 valence electrons. The summed E-state index contributed by atoms with van der Waals surface area (Å²) in [5.41, 5.74) is 1.80. The van der Waals surface area contributed by atoms with Gasteiger partial charge in [-0.1, -0.05) is 17.7 Å². The van der Waals surface area contributed by atoms with Crippen LogP contribution >= 0.6 is 11.6 Å². The Bertz CT molecular complexity index is 774. The second kappa shape index (κ2) is 5.99. The molecular weight excluding hydrogens is 320 g/mol. The molecule has 1 aromatic heterocycles. The average molecular weight is 337 g/mol. The summed E-state index contributed by atoms with van der Waals surface area (Å²) in [7, 11) is -3.55. The first-order valence-electron chi connectivity index (χ1n) is 7.15. The molecule has 0 N–H and O–H groups in total. The lowest BCUT2D eigenvalue weighted by molar-refractivity contribution is 0.398. The number of aromatic nitrogens is 1. The largest absolute Gasteiger partial charge is 0.265 e. The summed E-state index contributed by atoms with van der Waals surface area (Å²) >= 11 is 6.09. The zero-order valence-corrected chi connectivity index (χ0v) is 13.8. The van der Waals surface area contributed by atoms with E-state index >= 15 is 0 Å². The van der Waals surface area contributed by atoms with Crippen LogP contribution < -0.4 is 0 Å². The summed E-state index contributed by atoms with van der Waals surface area (Å²) in [4.78, 5) is 4.22. The topological polar surface area (TPSA) is 50.3 Å². The van der Waals surface area contributed by atoms with E-state index in [-0.39, 0.29) is 10.9 Å². The molecule has 1 aromatic carbocycles. The molecule has 0 radical (unpaired) electrons. The van der Waals surface area contributed by atoms with Crippen molar-refractivity contribution in [3.63, 3.8) is 0 Å². The van der Waals surface area contributed by atoms with Crippen molar-refractivity contribution in [2.24, 2.45) is 0 Å². The summed E-state index contributed by atoms with van der Waals surface area (Å²) in [6.07, 6.45) is 5.17. The molecule has 0 atom stereocenters. The molecule has 4 nitrogen and oxygen atoms in total. The third-order valence-electron chi connectivity index (χ3n) is 3.79. The first-order valence-corrected chi connectivity index (χ1v) is 8.97. The maximum Gasteiger partial charge on any atom is 0.243 e. The fraction of sp³-hybridized carbons (Fsp3) is 0.312. The molecule has 0 amide bonds. The summed E-state index contributed by atoms with van der Waals surface area (Å²) in [6, 6.07) is 8.66. The van der Waals surface area contributed by atoms with Gasteiger partial charge < -0.3 is 0 Å². The van der Waals surface area contributed by atoms with Crippen LogP contribution in [0.3, 0.4) is 0 Å². The highest BCUT2D eigenvalue weighted by Crippen LogP contribution is 2.34. The highest BCUT2D eigenvalue weighted by Gasteiger charge is 2.38. The SMILES string of the molecule is Cc1ccc(S(=O)(=O)N(Cc2ccncc2)C2CC2)cc1Cl. The monoisotopic (exact) mass is 336 g/mol. The molecule has 1 heterocycles. The smallest absolute Gasteiger partial charge is 0.243 e. The van der Waals surface area contributed by atoms with Gasteiger partial charge in [0.05, 0.1) is 4.90 Å². The van der Waals surface area contributed by atoms with Crippen LogP contribution in [0.1, 0.15) is 24.0 Å². The molecule has 0 aliphatic heterocycles. The van der Waals surface area contributed by atoms with E-state index in [1.165, 1.54) is 6.07 Å². The molecule has 2 aromatic rings. The van der Waals surface area contributed by atoms with Crippen LogP contribution in [0.4, 0.5) is 0 Å². The first kappa shape index (κ1) is 15.5. The number of pyridine rings is 1. The minimum absolute atomic E-state index is 0.0817. The predicted molar refractivity (Wildman–Crippen MR) is 86.2 cm³/mol. The Kier molecular flexibility index (Phi) is 4.21. The van der Waals surface area contributed by atoms with Crippen molar-refractivity contribution in [2.75, 3.05) is 0 Å². The lowest BCUT2D eigenvalue weighted by Crippen LogP contribution is -2.32. The van der Waals surface area contributed by atoms with E-state index in [4.69, 9.17) is 11.6 Å². The third kappa shape index (κ3) is 3.16. The van der Waals surface area contributed by atoms with Crippen LogP contribution in [-0.4, -0.2) is 23.7 Å². The van der Waals surface area contributed by atoms with Crippen LogP contribution in [0.5, 0.6) is 0 Å². The molecule has 3 rings (SSSR count).